The van der Waals surface area contributed by atoms with Gasteiger partial charge in [0.1, 0.15) is 6.10 Å². The molecule has 54 valence electrons. The molecular formula is C7H10N2O. The van der Waals surface area contributed by atoms with Crippen LogP contribution in [0.2, 0.25) is 0 Å². The smallest absolute Gasteiger partial charge is 0.125 e. The van der Waals surface area contributed by atoms with Crippen LogP contribution in [0.1, 0.15) is 18.7 Å². The molecule has 0 N–H and O–H groups in total. The molecule has 0 aromatic carbocycles. The van der Waals surface area contributed by atoms with Gasteiger partial charge < -0.3 is 4.74 Å². The van der Waals surface area contributed by atoms with Gasteiger partial charge in [-0.15, -0.1) is 0 Å². The zero-order valence-electron chi connectivity index (χ0n) is 5.95. The van der Waals surface area contributed by atoms with E-state index in [9.17, 15) is 0 Å². The molecule has 0 aliphatic carbocycles. The van der Waals surface area contributed by atoms with Crippen molar-refractivity contribution in [2.24, 2.45) is 0 Å². The van der Waals surface area contributed by atoms with E-state index in [4.69, 9.17) is 4.74 Å². The van der Waals surface area contributed by atoms with Crippen molar-refractivity contribution in [3.63, 3.8) is 0 Å². The Hall–Kier alpha value is -0.830. The predicted octanol–water partition coefficient (Wildman–Crippen LogP) is 0.974. The minimum Gasteiger partial charge on any atom is -0.366 e. The van der Waals surface area contributed by atoms with Gasteiger partial charge in [-0.1, -0.05) is 0 Å². The lowest BCUT2D eigenvalue weighted by molar-refractivity contribution is 0.409. The van der Waals surface area contributed by atoms with Crippen LogP contribution >= 0.6 is 0 Å². The molecule has 1 aliphatic rings. The summed E-state index contributed by atoms with van der Waals surface area (Å²) in [5.41, 5.74) is 1.07. The van der Waals surface area contributed by atoms with Crippen molar-refractivity contribution in [1.29, 1.82) is 0 Å². The quantitative estimate of drug-likeness (QED) is 0.570. The monoisotopic (exact) mass is 138 g/mol. The number of aryl methyl sites for hydroxylation is 1. The molecule has 0 saturated carbocycles. The largest absolute Gasteiger partial charge is 0.366 e. The van der Waals surface area contributed by atoms with Crippen molar-refractivity contribution in [3.8, 4) is 0 Å². The van der Waals surface area contributed by atoms with Gasteiger partial charge in [-0.2, -0.15) is 5.10 Å². The lowest BCUT2D eigenvalue weighted by atomic mass is 10.3. The average Bonchev–Trinajstić information content (AvgIpc) is 2.70. The summed E-state index contributed by atoms with van der Waals surface area (Å²) in [5, 5.41) is 4.28. The Morgan fingerprint density at radius 2 is 2.70 bits per heavy atom. The first-order valence-corrected chi connectivity index (χ1v) is 3.55. The summed E-state index contributed by atoms with van der Waals surface area (Å²) >= 11 is 0. The highest BCUT2D eigenvalue weighted by Crippen LogP contribution is 2.27. The van der Waals surface area contributed by atoms with Crippen LogP contribution in [0.3, 0.4) is 0 Å². The second-order valence-corrected chi connectivity index (χ2v) is 2.42. The van der Waals surface area contributed by atoms with Gasteiger partial charge in [0.25, 0.3) is 0 Å². The Kier molecular flexibility index (Phi) is 1.24. The summed E-state index contributed by atoms with van der Waals surface area (Å²) < 4.78 is 6.99. The van der Waals surface area contributed by atoms with Crippen LogP contribution in [0.15, 0.2) is 12.3 Å². The number of nitrogens with zero attached hydrogens (tertiary/aromatic N) is 2. The van der Waals surface area contributed by atoms with Crippen LogP contribution in [0, 0.1) is 0 Å². The van der Waals surface area contributed by atoms with Gasteiger partial charge in [0, 0.05) is 12.7 Å². The Bertz CT molecular complexity index is 227. The van der Waals surface area contributed by atoms with E-state index >= 15 is 0 Å². The standard InChI is InChI=1S/C7H10N2O/c1-2-9-4-3-6(8-9)7-5-10-7/h3-4,7H,2,5H2,1H3. The molecule has 1 saturated heterocycles. The fraction of sp³-hybridized carbons (Fsp3) is 0.571. The average molecular weight is 138 g/mol. The van der Waals surface area contributed by atoms with Crippen LogP contribution in [0.4, 0.5) is 0 Å². The van der Waals surface area contributed by atoms with E-state index in [1.54, 1.807) is 0 Å². The molecule has 1 unspecified atom stereocenters. The summed E-state index contributed by atoms with van der Waals surface area (Å²) in [5.74, 6) is 0. The summed E-state index contributed by atoms with van der Waals surface area (Å²) in [6, 6.07) is 2.02. The van der Waals surface area contributed by atoms with Gasteiger partial charge in [0.05, 0.1) is 12.3 Å². The van der Waals surface area contributed by atoms with Crippen molar-refractivity contribution in [2.75, 3.05) is 6.61 Å². The van der Waals surface area contributed by atoms with Crippen molar-refractivity contribution in [2.45, 2.75) is 19.6 Å². The van der Waals surface area contributed by atoms with Crippen molar-refractivity contribution >= 4 is 0 Å². The maximum absolute atomic E-state index is 5.08. The zero-order valence-corrected chi connectivity index (χ0v) is 5.95. The van der Waals surface area contributed by atoms with Crippen LogP contribution in [-0.4, -0.2) is 16.4 Å². The first-order chi connectivity index (χ1) is 4.90. The molecule has 0 bridgehead atoms. The molecule has 1 fully saturated rings. The zero-order chi connectivity index (χ0) is 6.97. The van der Waals surface area contributed by atoms with E-state index in [0.29, 0.717) is 6.10 Å². The summed E-state index contributed by atoms with van der Waals surface area (Å²) in [6.07, 6.45) is 2.28. The second kappa shape index (κ2) is 2.09. The van der Waals surface area contributed by atoms with Crippen molar-refractivity contribution in [1.82, 2.24) is 9.78 Å². The van der Waals surface area contributed by atoms with E-state index < -0.39 is 0 Å². The van der Waals surface area contributed by atoms with Gasteiger partial charge in [-0.05, 0) is 13.0 Å². The minimum absolute atomic E-state index is 0.299. The Morgan fingerprint density at radius 3 is 3.20 bits per heavy atom. The first-order valence-electron chi connectivity index (χ1n) is 3.55. The van der Waals surface area contributed by atoms with E-state index in [1.165, 1.54) is 0 Å². The number of hydrogen-bond acceptors (Lipinski definition) is 2. The molecular weight excluding hydrogens is 128 g/mol. The maximum atomic E-state index is 5.08. The number of ether oxygens (including phenoxy) is 1. The molecule has 0 amide bonds. The third kappa shape index (κ3) is 0.926. The summed E-state index contributed by atoms with van der Waals surface area (Å²) in [6.45, 7) is 3.86. The van der Waals surface area contributed by atoms with Crippen molar-refractivity contribution in [3.05, 3.63) is 18.0 Å². The van der Waals surface area contributed by atoms with E-state index in [1.807, 2.05) is 16.9 Å². The van der Waals surface area contributed by atoms with E-state index in [2.05, 4.69) is 12.0 Å². The molecule has 3 nitrogen and oxygen atoms in total. The third-order valence-corrected chi connectivity index (χ3v) is 1.65. The van der Waals surface area contributed by atoms with Gasteiger partial charge in [0.15, 0.2) is 0 Å². The highest BCUT2D eigenvalue weighted by Gasteiger charge is 2.26. The Balaban J connectivity index is 2.19. The Morgan fingerprint density at radius 1 is 1.90 bits per heavy atom. The summed E-state index contributed by atoms with van der Waals surface area (Å²) in [4.78, 5) is 0. The number of aromatic nitrogens is 2. The lowest BCUT2D eigenvalue weighted by Gasteiger charge is -1.90. The molecule has 1 atom stereocenters. The molecule has 2 heterocycles. The molecule has 10 heavy (non-hydrogen) atoms. The molecule has 1 aromatic rings. The number of rotatable bonds is 2. The number of epoxide rings is 1. The maximum Gasteiger partial charge on any atom is 0.125 e. The lowest BCUT2D eigenvalue weighted by Crippen LogP contribution is -1.94. The fourth-order valence-corrected chi connectivity index (χ4v) is 0.944. The van der Waals surface area contributed by atoms with Crippen LogP contribution in [0.5, 0.6) is 0 Å². The minimum atomic E-state index is 0.299. The van der Waals surface area contributed by atoms with Gasteiger partial charge in [-0.3, -0.25) is 4.68 Å². The molecule has 0 radical (unpaired) electrons. The van der Waals surface area contributed by atoms with Crippen molar-refractivity contribution < 1.29 is 4.74 Å². The van der Waals surface area contributed by atoms with E-state index in [0.717, 1.165) is 18.8 Å². The normalized spacial score (nSPS) is 23.1. The predicted molar refractivity (Wildman–Crippen MR) is 36.6 cm³/mol. The SMILES string of the molecule is CCn1ccc(C2CO2)n1. The van der Waals surface area contributed by atoms with Crippen LogP contribution in [-0.2, 0) is 11.3 Å². The molecule has 3 heteroatoms. The third-order valence-electron chi connectivity index (χ3n) is 1.65. The Labute approximate surface area is 59.6 Å². The molecule has 0 spiro atoms. The number of hydrogen-bond donors (Lipinski definition) is 0. The summed E-state index contributed by atoms with van der Waals surface area (Å²) in [7, 11) is 0. The molecule has 1 aromatic heterocycles. The topological polar surface area (TPSA) is 30.4 Å². The molecule has 1 aliphatic heterocycles. The van der Waals surface area contributed by atoms with Crippen LogP contribution in [0.25, 0.3) is 0 Å². The highest BCUT2D eigenvalue weighted by molar-refractivity contribution is 5.07. The second-order valence-electron chi connectivity index (χ2n) is 2.42. The van der Waals surface area contributed by atoms with Gasteiger partial charge in [-0.25, -0.2) is 0 Å². The first kappa shape index (κ1) is 5.92. The fourth-order valence-electron chi connectivity index (χ4n) is 0.944. The van der Waals surface area contributed by atoms with Crippen LogP contribution < -0.4 is 0 Å². The van der Waals surface area contributed by atoms with Gasteiger partial charge in [0.2, 0.25) is 0 Å². The highest BCUT2D eigenvalue weighted by atomic mass is 16.6. The molecule has 2 rings (SSSR count). The van der Waals surface area contributed by atoms with E-state index in [-0.39, 0.29) is 0 Å². The van der Waals surface area contributed by atoms with Gasteiger partial charge >= 0.3 is 0 Å².